The van der Waals surface area contributed by atoms with Crippen LogP contribution < -0.4 is 0 Å². The van der Waals surface area contributed by atoms with Crippen LogP contribution >= 0.6 is 13.0 Å². The Morgan fingerprint density at radius 2 is 1.07 bits per heavy atom. The molecule has 0 heterocycles. The van der Waals surface area contributed by atoms with Crippen LogP contribution in [-0.2, 0) is 33.0 Å². The fourth-order valence-corrected chi connectivity index (χ4v) is 1.87. The minimum absolute atomic E-state index is 0.223. The van der Waals surface area contributed by atoms with Gasteiger partial charge in [-0.1, -0.05) is 27.7 Å². The zero-order chi connectivity index (χ0) is 11.6. The third-order valence-electron chi connectivity index (χ3n) is 1.55. The number of rotatable bonds is 5. The van der Waals surface area contributed by atoms with Gasteiger partial charge in [-0.3, -0.25) is 0 Å². The van der Waals surface area contributed by atoms with Gasteiger partial charge in [-0.25, -0.2) is 0 Å². The molecular formula is C6H16O4P2S2. The molecule has 0 aromatic heterocycles. The Labute approximate surface area is 94.9 Å². The molecule has 0 amide bonds. The molecule has 8 heteroatoms. The van der Waals surface area contributed by atoms with Crippen LogP contribution in [0.2, 0.25) is 0 Å². The second-order valence-corrected chi connectivity index (χ2v) is 11.2. The Morgan fingerprint density at radius 1 is 0.857 bits per heavy atom. The summed E-state index contributed by atoms with van der Waals surface area (Å²) in [5, 5.41) is 0. The Morgan fingerprint density at radius 3 is 1.21 bits per heavy atom. The van der Waals surface area contributed by atoms with Gasteiger partial charge in [0.1, 0.15) is 0 Å². The Hall–Kier alpha value is 1.14. The van der Waals surface area contributed by atoms with E-state index in [0.29, 0.717) is 0 Å². The van der Waals surface area contributed by atoms with Crippen LogP contribution in [0.25, 0.3) is 0 Å². The lowest BCUT2D eigenvalue weighted by molar-refractivity contribution is -0.100. The van der Waals surface area contributed by atoms with Gasteiger partial charge in [0.15, 0.2) is 0 Å². The summed E-state index contributed by atoms with van der Waals surface area (Å²) in [5.74, 6) is 0. The van der Waals surface area contributed by atoms with Crippen molar-refractivity contribution in [2.45, 2.75) is 39.0 Å². The molecule has 0 fully saturated rings. The maximum absolute atomic E-state index is 9.58. The fourth-order valence-electron chi connectivity index (χ4n) is 0.268. The van der Waals surface area contributed by atoms with Crippen LogP contribution in [0.15, 0.2) is 0 Å². The summed E-state index contributed by atoms with van der Waals surface area (Å²) in [4.78, 5) is 19.2. The first-order valence-corrected chi connectivity index (χ1v) is 9.61. The molecule has 0 rings (SSSR count). The first-order chi connectivity index (χ1) is 6.09. The van der Waals surface area contributed by atoms with Crippen molar-refractivity contribution in [3.05, 3.63) is 0 Å². The van der Waals surface area contributed by atoms with Crippen LogP contribution in [0.3, 0.4) is 0 Å². The van der Waals surface area contributed by atoms with Crippen molar-refractivity contribution >= 4 is 36.6 Å². The molecule has 2 unspecified atom stereocenters. The minimum atomic E-state index is -2.99. The van der Waals surface area contributed by atoms with Gasteiger partial charge in [-0.05, 0) is 23.6 Å². The highest BCUT2D eigenvalue weighted by molar-refractivity contribution is 8.11. The lowest BCUT2D eigenvalue weighted by atomic mass is 10.6. The summed E-state index contributed by atoms with van der Waals surface area (Å²) in [5.41, 5.74) is -0.445. The van der Waals surface area contributed by atoms with E-state index in [9.17, 15) is 9.79 Å². The fraction of sp³-hybridized carbons (Fsp3) is 1.00. The zero-order valence-electron chi connectivity index (χ0n) is 8.58. The van der Waals surface area contributed by atoms with E-state index < -0.39 is 13.0 Å². The predicted molar refractivity (Wildman–Crippen MR) is 65.4 cm³/mol. The van der Waals surface area contributed by atoms with E-state index in [1.165, 1.54) is 0 Å². The summed E-state index contributed by atoms with van der Waals surface area (Å²) in [6.07, 6.45) is 0. The van der Waals surface area contributed by atoms with E-state index in [0.717, 1.165) is 0 Å². The molecule has 0 aromatic carbocycles. The molecule has 0 radical (unpaired) electrons. The van der Waals surface area contributed by atoms with E-state index in [1.807, 2.05) is 0 Å². The lowest BCUT2D eigenvalue weighted by Crippen LogP contribution is -2.05. The maximum Gasteiger partial charge on any atom is 0.223 e. The first-order valence-electron chi connectivity index (χ1n) is 4.12. The Kier molecular flexibility index (Phi) is 5.91. The molecule has 0 spiro atoms. The molecule has 0 aliphatic carbocycles. The molecule has 2 atom stereocenters. The lowest BCUT2D eigenvalue weighted by Gasteiger charge is -2.23. The molecule has 86 valence electrons. The van der Waals surface area contributed by atoms with Crippen LogP contribution in [0, 0.1) is 0 Å². The van der Waals surface area contributed by atoms with Gasteiger partial charge in [0.2, 0.25) is 13.0 Å². The minimum Gasteiger partial charge on any atom is -0.343 e. The molecule has 14 heavy (non-hydrogen) atoms. The van der Waals surface area contributed by atoms with Gasteiger partial charge >= 0.3 is 0 Å². The van der Waals surface area contributed by atoms with Crippen molar-refractivity contribution in [2.24, 2.45) is 0 Å². The molecule has 0 aliphatic rings. The highest BCUT2D eigenvalue weighted by Gasteiger charge is 2.27. The second-order valence-electron chi connectivity index (χ2n) is 3.46. The molecule has 0 aromatic rings. The van der Waals surface area contributed by atoms with Crippen molar-refractivity contribution in [1.29, 1.82) is 0 Å². The molecule has 0 aliphatic heterocycles. The average Bonchev–Trinajstić information content (AvgIpc) is 2.01. The van der Waals surface area contributed by atoms with Gasteiger partial charge in [-0.2, -0.15) is 9.35 Å². The van der Waals surface area contributed by atoms with Crippen LogP contribution in [-0.4, -0.2) is 21.1 Å². The van der Waals surface area contributed by atoms with E-state index in [-0.39, 0.29) is 11.3 Å². The maximum atomic E-state index is 9.58. The second kappa shape index (κ2) is 5.46. The number of hydrogen-bond acceptors (Lipinski definition) is 4. The van der Waals surface area contributed by atoms with Gasteiger partial charge in [-0.15, -0.1) is 0 Å². The van der Waals surface area contributed by atoms with E-state index in [4.69, 9.17) is 33.0 Å². The summed E-state index contributed by atoms with van der Waals surface area (Å²) in [7, 11) is 0. The SMILES string of the molecule is CC(C)P(O)(=S)OOP(O)(=S)C(C)C. The summed E-state index contributed by atoms with van der Waals surface area (Å²) in [6.45, 7) is 0.914. The van der Waals surface area contributed by atoms with Crippen molar-refractivity contribution in [1.82, 2.24) is 0 Å². The average molecular weight is 278 g/mol. The Bertz CT molecular complexity index is 251. The standard InChI is InChI=1S/C6H16O4P2S2/c1-5(2)11(7,13)9-10-12(8,14)6(3)4/h5-6H,1-4H3,(H,7,13)(H,8,14). The summed E-state index contributed by atoms with van der Waals surface area (Å²) < 4.78 is 9.39. The van der Waals surface area contributed by atoms with Crippen LogP contribution in [0.4, 0.5) is 0 Å². The first kappa shape index (κ1) is 15.1. The smallest absolute Gasteiger partial charge is 0.223 e. The highest BCUT2D eigenvalue weighted by atomic mass is 32.5. The molecule has 4 nitrogen and oxygen atoms in total. The van der Waals surface area contributed by atoms with E-state index >= 15 is 0 Å². The molecular weight excluding hydrogens is 262 g/mol. The molecule has 0 bridgehead atoms. The molecule has 2 N–H and O–H groups in total. The highest BCUT2D eigenvalue weighted by Crippen LogP contribution is 2.56. The third kappa shape index (κ3) is 4.77. The van der Waals surface area contributed by atoms with Crippen molar-refractivity contribution < 1.29 is 19.1 Å². The van der Waals surface area contributed by atoms with Crippen LogP contribution in [0.5, 0.6) is 0 Å². The van der Waals surface area contributed by atoms with Gasteiger partial charge in [0.25, 0.3) is 0 Å². The van der Waals surface area contributed by atoms with Crippen molar-refractivity contribution in [3.63, 3.8) is 0 Å². The third-order valence-corrected chi connectivity index (χ3v) is 7.75. The quantitative estimate of drug-likeness (QED) is 0.457. The van der Waals surface area contributed by atoms with Crippen molar-refractivity contribution in [2.75, 3.05) is 0 Å². The summed E-state index contributed by atoms with van der Waals surface area (Å²) in [6, 6.07) is 0. The Balaban J connectivity index is 4.34. The van der Waals surface area contributed by atoms with E-state index in [2.05, 4.69) is 0 Å². The number of hydrogen-bond donors (Lipinski definition) is 2. The normalized spacial score (nSPS) is 20.9. The summed E-state index contributed by atoms with van der Waals surface area (Å²) >= 11 is 9.60. The van der Waals surface area contributed by atoms with Gasteiger partial charge in [0.05, 0.1) is 0 Å². The van der Waals surface area contributed by atoms with E-state index in [1.54, 1.807) is 27.7 Å². The molecule has 0 saturated heterocycles. The predicted octanol–water partition coefficient (Wildman–Crippen LogP) is 2.36. The monoisotopic (exact) mass is 278 g/mol. The van der Waals surface area contributed by atoms with Gasteiger partial charge in [0, 0.05) is 11.3 Å². The molecule has 0 saturated carbocycles. The van der Waals surface area contributed by atoms with Gasteiger partial charge < -0.3 is 9.79 Å². The van der Waals surface area contributed by atoms with Crippen molar-refractivity contribution in [3.8, 4) is 0 Å². The zero-order valence-corrected chi connectivity index (χ0v) is 12.0. The topological polar surface area (TPSA) is 58.9 Å². The largest absolute Gasteiger partial charge is 0.343 e. The van der Waals surface area contributed by atoms with Crippen LogP contribution in [0.1, 0.15) is 27.7 Å².